The summed E-state index contributed by atoms with van der Waals surface area (Å²) in [4.78, 5) is 11.2. The number of benzene rings is 1. The van der Waals surface area contributed by atoms with Crippen molar-refractivity contribution in [3.05, 3.63) is 35.4 Å². The summed E-state index contributed by atoms with van der Waals surface area (Å²) in [5.41, 5.74) is 1.73. The topological polar surface area (TPSA) is 38.3 Å². The quantitative estimate of drug-likeness (QED) is 0.455. The average Bonchev–Trinajstić information content (AvgIpc) is 2.42. The van der Waals surface area contributed by atoms with Crippen molar-refractivity contribution in [2.45, 2.75) is 25.8 Å². The third kappa shape index (κ3) is 5.03. The number of terminal acetylenes is 1. The summed E-state index contributed by atoms with van der Waals surface area (Å²) >= 11 is 0. The van der Waals surface area contributed by atoms with Gasteiger partial charge in [0.05, 0.1) is 12.7 Å². The van der Waals surface area contributed by atoms with E-state index in [1.54, 1.807) is 12.1 Å². The minimum atomic E-state index is -0.302. The van der Waals surface area contributed by atoms with Gasteiger partial charge in [0.1, 0.15) is 0 Å². The lowest BCUT2D eigenvalue weighted by atomic mass is 10.1. The molecular formula is C15H19NO2. The summed E-state index contributed by atoms with van der Waals surface area (Å²) in [5.74, 6) is 2.33. The summed E-state index contributed by atoms with van der Waals surface area (Å²) in [6.07, 6.45) is 8.17. The lowest BCUT2D eigenvalue weighted by Gasteiger charge is -2.05. The third-order valence-electron chi connectivity index (χ3n) is 2.63. The molecule has 0 saturated heterocycles. The molecule has 0 bridgehead atoms. The lowest BCUT2D eigenvalue weighted by Crippen LogP contribution is -2.14. The fourth-order valence-electron chi connectivity index (χ4n) is 1.59. The highest BCUT2D eigenvalue weighted by Gasteiger charge is 2.03. The van der Waals surface area contributed by atoms with Crippen LogP contribution < -0.4 is 5.32 Å². The first-order valence-electron chi connectivity index (χ1n) is 6.09. The second kappa shape index (κ2) is 8.32. The number of ether oxygens (including phenoxy) is 1. The van der Waals surface area contributed by atoms with Gasteiger partial charge in [0, 0.05) is 13.0 Å². The Bertz CT molecular complexity index is 403. The van der Waals surface area contributed by atoms with Crippen LogP contribution in [0.25, 0.3) is 0 Å². The molecule has 1 N–H and O–H groups in total. The highest BCUT2D eigenvalue weighted by molar-refractivity contribution is 5.89. The van der Waals surface area contributed by atoms with Gasteiger partial charge in [0.15, 0.2) is 0 Å². The van der Waals surface area contributed by atoms with E-state index in [-0.39, 0.29) is 5.97 Å². The number of nitrogens with one attached hydrogen (secondary N) is 1. The molecule has 0 unspecified atom stereocenters. The molecule has 0 amide bonds. The Morgan fingerprint density at radius 3 is 2.67 bits per heavy atom. The lowest BCUT2D eigenvalue weighted by molar-refractivity contribution is 0.0600. The van der Waals surface area contributed by atoms with Crippen LogP contribution in [0.2, 0.25) is 0 Å². The second-order valence-electron chi connectivity index (χ2n) is 4.03. The van der Waals surface area contributed by atoms with Gasteiger partial charge in [-0.2, -0.15) is 0 Å². The number of rotatable bonds is 7. The molecule has 1 rings (SSSR count). The molecule has 96 valence electrons. The molecule has 1 aromatic carbocycles. The zero-order chi connectivity index (χ0) is 13.2. The van der Waals surface area contributed by atoms with E-state index in [0.29, 0.717) is 5.56 Å². The van der Waals surface area contributed by atoms with Crippen LogP contribution in [-0.2, 0) is 11.3 Å². The molecule has 0 radical (unpaired) electrons. The van der Waals surface area contributed by atoms with Crippen LogP contribution in [0, 0.1) is 12.3 Å². The van der Waals surface area contributed by atoms with Gasteiger partial charge in [0.25, 0.3) is 0 Å². The summed E-state index contributed by atoms with van der Waals surface area (Å²) in [7, 11) is 1.38. The SMILES string of the molecule is C#CCCCCNCc1ccc(C(=O)OC)cc1. The maximum atomic E-state index is 11.2. The van der Waals surface area contributed by atoms with Gasteiger partial charge >= 0.3 is 5.97 Å². The molecule has 0 aliphatic heterocycles. The van der Waals surface area contributed by atoms with E-state index in [0.717, 1.165) is 37.9 Å². The van der Waals surface area contributed by atoms with Gasteiger partial charge in [-0.05, 0) is 37.1 Å². The van der Waals surface area contributed by atoms with Crippen molar-refractivity contribution in [2.75, 3.05) is 13.7 Å². The predicted octanol–water partition coefficient (Wildman–Crippen LogP) is 2.37. The summed E-state index contributed by atoms with van der Waals surface area (Å²) < 4.78 is 4.64. The molecule has 18 heavy (non-hydrogen) atoms. The highest BCUT2D eigenvalue weighted by atomic mass is 16.5. The van der Waals surface area contributed by atoms with Gasteiger partial charge in [-0.1, -0.05) is 12.1 Å². The standard InChI is InChI=1S/C15H19NO2/c1-3-4-5-6-11-16-12-13-7-9-14(10-8-13)15(17)18-2/h1,7-10,16H,4-6,11-12H2,2H3. The molecule has 0 aliphatic carbocycles. The molecule has 1 aromatic rings. The van der Waals surface area contributed by atoms with Crippen molar-refractivity contribution < 1.29 is 9.53 Å². The van der Waals surface area contributed by atoms with E-state index in [9.17, 15) is 4.79 Å². The number of esters is 1. The Balaban J connectivity index is 2.27. The first-order valence-corrected chi connectivity index (χ1v) is 6.09. The fourth-order valence-corrected chi connectivity index (χ4v) is 1.59. The van der Waals surface area contributed by atoms with Crippen LogP contribution in [-0.4, -0.2) is 19.6 Å². The highest BCUT2D eigenvalue weighted by Crippen LogP contribution is 2.05. The third-order valence-corrected chi connectivity index (χ3v) is 2.63. The molecule has 0 spiro atoms. The van der Waals surface area contributed by atoms with Crippen LogP contribution in [0.1, 0.15) is 35.2 Å². The Labute approximate surface area is 109 Å². The minimum absolute atomic E-state index is 0.302. The Kier molecular flexibility index (Phi) is 6.60. The monoisotopic (exact) mass is 245 g/mol. The Morgan fingerprint density at radius 1 is 1.33 bits per heavy atom. The first kappa shape index (κ1) is 14.3. The van der Waals surface area contributed by atoms with E-state index in [4.69, 9.17) is 6.42 Å². The molecule has 3 heteroatoms. The van der Waals surface area contributed by atoms with E-state index in [1.165, 1.54) is 7.11 Å². The van der Waals surface area contributed by atoms with Crippen LogP contribution in [0.15, 0.2) is 24.3 Å². The second-order valence-corrected chi connectivity index (χ2v) is 4.03. The predicted molar refractivity (Wildman–Crippen MR) is 72.2 cm³/mol. The molecule has 3 nitrogen and oxygen atoms in total. The summed E-state index contributed by atoms with van der Waals surface area (Å²) in [6, 6.07) is 7.42. The minimum Gasteiger partial charge on any atom is -0.465 e. The average molecular weight is 245 g/mol. The van der Waals surface area contributed by atoms with Crippen molar-refractivity contribution >= 4 is 5.97 Å². The first-order chi connectivity index (χ1) is 8.77. The van der Waals surface area contributed by atoms with Crippen LogP contribution in [0.3, 0.4) is 0 Å². The van der Waals surface area contributed by atoms with Crippen LogP contribution >= 0.6 is 0 Å². The molecular weight excluding hydrogens is 226 g/mol. The Hall–Kier alpha value is -1.79. The normalized spacial score (nSPS) is 9.78. The molecule has 0 saturated carbocycles. The van der Waals surface area contributed by atoms with Crippen LogP contribution in [0.4, 0.5) is 0 Å². The van der Waals surface area contributed by atoms with Gasteiger partial charge in [0.2, 0.25) is 0 Å². The zero-order valence-corrected chi connectivity index (χ0v) is 10.7. The maximum absolute atomic E-state index is 11.2. The van der Waals surface area contributed by atoms with Gasteiger partial charge in [-0.25, -0.2) is 4.79 Å². The van der Waals surface area contributed by atoms with E-state index in [2.05, 4.69) is 16.0 Å². The molecule has 0 atom stereocenters. The van der Waals surface area contributed by atoms with E-state index in [1.807, 2.05) is 12.1 Å². The number of carbonyl (C=O) groups is 1. The number of unbranched alkanes of at least 4 members (excludes halogenated alkanes) is 2. The van der Waals surface area contributed by atoms with Crippen molar-refractivity contribution in [2.24, 2.45) is 0 Å². The molecule has 0 aliphatic rings. The maximum Gasteiger partial charge on any atom is 0.337 e. The molecule has 0 fully saturated rings. The number of carbonyl (C=O) groups excluding carboxylic acids is 1. The van der Waals surface area contributed by atoms with Gasteiger partial charge in [-0.15, -0.1) is 12.3 Å². The van der Waals surface area contributed by atoms with Gasteiger partial charge < -0.3 is 10.1 Å². The zero-order valence-electron chi connectivity index (χ0n) is 10.7. The van der Waals surface area contributed by atoms with Crippen molar-refractivity contribution in [3.8, 4) is 12.3 Å². The van der Waals surface area contributed by atoms with Crippen molar-refractivity contribution in [1.82, 2.24) is 5.32 Å². The van der Waals surface area contributed by atoms with E-state index >= 15 is 0 Å². The van der Waals surface area contributed by atoms with Crippen LogP contribution in [0.5, 0.6) is 0 Å². The fraction of sp³-hybridized carbons (Fsp3) is 0.400. The Morgan fingerprint density at radius 2 is 2.06 bits per heavy atom. The number of methoxy groups -OCH3 is 1. The molecule has 0 heterocycles. The van der Waals surface area contributed by atoms with Crippen molar-refractivity contribution in [3.63, 3.8) is 0 Å². The number of hydrogen-bond donors (Lipinski definition) is 1. The summed E-state index contributed by atoms with van der Waals surface area (Å²) in [6.45, 7) is 1.76. The van der Waals surface area contributed by atoms with Crippen molar-refractivity contribution in [1.29, 1.82) is 0 Å². The molecule has 0 aromatic heterocycles. The van der Waals surface area contributed by atoms with E-state index < -0.39 is 0 Å². The largest absolute Gasteiger partial charge is 0.465 e. The smallest absolute Gasteiger partial charge is 0.337 e. The summed E-state index contributed by atoms with van der Waals surface area (Å²) in [5, 5.41) is 3.34. The van der Waals surface area contributed by atoms with Gasteiger partial charge in [-0.3, -0.25) is 0 Å². The number of hydrogen-bond acceptors (Lipinski definition) is 3.